The van der Waals surface area contributed by atoms with Gasteiger partial charge in [0, 0.05) is 5.75 Å². The van der Waals surface area contributed by atoms with Crippen LogP contribution in [0.4, 0.5) is 4.79 Å². The van der Waals surface area contributed by atoms with Crippen LogP contribution in [0.5, 0.6) is 0 Å². The van der Waals surface area contributed by atoms with Gasteiger partial charge in [0.15, 0.2) is 0 Å². The standard InChI is InChI=1S/C9H17NO3S/c1-9(2,3)7-10(8(12)13)6(4-11)5-14-7/h6-7,11H,4-5H2,1-3H3,(H,12,13)/t6?,7-/m1/s1. The third-order valence-corrected chi connectivity index (χ3v) is 4.09. The van der Waals surface area contributed by atoms with E-state index in [1.54, 1.807) is 11.8 Å². The van der Waals surface area contributed by atoms with E-state index in [1.807, 2.05) is 20.8 Å². The summed E-state index contributed by atoms with van der Waals surface area (Å²) in [7, 11) is 0. The fraction of sp³-hybridized carbons (Fsp3) is 0.889. The molecule has 5 heteroatoms. The highest BCUT2D eigenvalue weighted by molar-refractivity contribution is 8.00. The van der Waals surface area contributed by atoms with Crippen LogP contribution in [0.3, 0.4) is 0 Å². The van der Waals surface area contributed by atoms with Gasteiger partial charge in [-0.25, -0.2) is 4.79 Å². The van der Waals surface area contributed by atoms with Crippen molar-refractivity contribution < 1.29 is 15.0 Å². The molecule has 82 valence electrons. The first-order valence-corrected chi connectivity index (χ1v) is 5.66. The van der Waals surface area contributed by atoms with E-state index in [-0.39, 0.29) is 23.4 Å². The van der Waals surface area contributed by atoms with Crippen molar-refractivity contribution in [2.45, 2.75) is 32.2 Å². The van der Waals surface area contributed by atoms with Crippen molar-refractivity contribution in [1.29, 1.82) is 0 Å². The minimum absolute atomic E-state index is 0.0582. The molecule has 1 saturated heterocycles. The first-order chi connectivity index (χ1) is 6.38. The summed E-state index contributed by atoms with van der Waals surface area (Å²) in [6.07, 6.45) is -0.936. The predicted octanol–water partition coefficient (Wildman–Crippen LogP) is 1.45. The molecule has 0 aromatic carbocycles. The molecule has 14 heavy (non-hydrogen) atoms. The predicted molar refractivity (Wildman–Crippen MR) is 56.4 cm³/mol. The molecule has 0 aromatic rings. The van der Waals surface area contributed by atoms with Gasteiger partial charge in [0.2, 0.25) is 0 Å². The Morgan fingerprint density at radius 1 is 1.57 bits per heavy atom. The Balaban J connectivity index is 2.84. The third-order valence-electron chi connectivity index (χ3n) is 2.27. The molecule has 1 aliphatic heterocycles. The van der Waals surface area contributed by atoms with Crippen LogP contribution < -0.4 is 0 Å². The monoisotopic (exact) mass is 219 g/mol. The molecule has 0 radical (unpaired) electrons. The molecule has 1 amide bonds. The van der Waals surface area contributed by atoms with Crippen LogP contribution >= 0.6 is 11.8 Å². The summed E-state index contributed by atoms with van der Waals surface area (Å²) in [5.74, 6) is 0.685. The Morgan fingerprint density at radius 3 is 2.50 bits per heavy atom. The van der Waals surface area contributed by atoms with Gasteiger partial charge in [0.05, 0.1) is 18.0 Å². The maximum Gasteiger partial charge on any atom is 0.408 e. The minimum atomic E-state index is -0.936. The average Bonchev–Trinajstić information content (AvgIpc) is 2.45. The highest BCUT2D eigenvalue weighted by atomic mass is 32.2. The van der Waals surface area contributed by atoms with Crippen LogP contribution in [-0.2, 0) is 0 Å². The van der Waals surface area contributed by atoms with E-state index in [9.17, 15) is 4.79 Å². The van der Waals surface area contributed by atoms with Crippen molar-refractivity contribution in [2.24, 2.45) is 5.41 Å². The number of aliphatic hydroxyl groups is 1. The first kappa shape index (κ1) is 11.7. The topological polar surface area (TPSA) is 60.8 Å². The van der Waals surface area contributed by atoms with Crippen LogP contribution in [0.2, 0.25) is 0 Å². The van der Waals surface area contributed by atoms with Gasteiger partial charge in [0.25, 0.3) is 0 Å². The Labute approximate surface area is 88.3 Å². The number of aliphatic hydroxyl groups excluding tert-OH is 1. The van der Waals surface area contributed by atoms with E-state index < -0.39 is 6.09 Å². The van der Waals surface area contributed by atoms with E-state index in [2.05, 4.69) is 0 Å². The third kappa shape index (κ3) is 2.15. The van der Waals surface area contributed by atoms with Crippen molar-refractivity contribution in [1.82, 2.24) is 4.90 Å². The van der Waals surface area contributed by atoms with Crippen molar-refractivity contribution in [3.63, 3.8) is 0 Å². The van der Waals surface area contributed by atoms with E-state index in [0.29, 0.717) is 5.75 Å². The summed E-state index contributed by atoms with van der Waals surface area (Å²) in [4.78, 5) is 12.4. The zero-order valence-corrected chi connectivity index (χ0v) is 9.54. The van der Waals surface area contributed by atoms with Crippen molar-refractivity contribution >= 4 is 17.9 Å². The SMILES string of the molecule is CC(C)(C)[C@H]1SCC(CO)N1C(=O)O. The second-order valence-electron chi connectivity index (χ2n) is 4.58. The van der Waals surface area contributed by atoms with Gasteiger partial charge in [-0.3, -0.25) is 4.90 Å². The Kier molecular flexibility index (Phi) is 3.32. The summed E-state index contributed by atoms with van der Waals surface area (Å²) in [6.45, 7) is 5.95. The summed E-state index contributed by atoms with van der Waals surface area (Å²) < 4.78 is 0. The fourth-order valence-corrected chi connectivity index (χ4v) is 3.21. The normalized spacial score (nSPS) is 28.1. The van der Waals surface area contributed by atoms with E-state index >= 15 is 0 Å². The highest BCUT2D eigenvalue weighted by Crippen LogP contribution is 2.40. The van der Waals surface area contributed by atoms with E-state index in [0.717, 1.165) is 0 Å². The number of nitrogens with zero attached hydrogens (tertiary/aromatic N) is 1. The molecule has 0 saturated carbocycles. The van der Waals surface area contributed by atoms with Crippen molar-refractivity contribution in [3.05, 3.63) is 0 Å². The molecule has 2 N–H and O–H groups in total. The van der Waals surface area contributed by atoms with Gasteiger partial charge < -0.3 is 10.2 Å². The molecule has 1 unspecified atom stereocenters. The van der Waals surface area contributed by atoms with Crippen molar-refractivity contribution in [3.8, 4) is 0 Å². The molecule has 1 rings (SSSR count). The maximum atomic E-state index is 11.0. The number of thioether (sulfide) groups is 1. The minimum Gasteiger partial charge on any atom is -0.465 e. The number of rotatable bonds is 1. The highest BCUT2D eigenvalue weighted by Gasteiger charge is 2.43. The summed E-state index contributed by atoms with van der Waals surface area (Å²) in [5, 5.41) is 18.0. The number of hydrogen-bond donors (Lipinski definition) is 2. The van der Waals surface area contributed by atoms with Crippen LogP contribution in [0.25, 0.3) is 0 Å². The molecular formula is C9H17NO3S. The molecule has 1 heterocycles. The number of carboxylic acid groups (broad SMARTS) is 1. The molecule has 0 bridgehead atoms. The van der Waals surface area contributed by atoms with Crippen LogP contribution in [0.15, 0.2) is 0 Å². The second-order valence-corrected chi connectivity index (χ2v) is 5.69. The van der Waals surface area contributed by atoms with Gasteiger partial charge in [-0.15, -0.1) is 11.8 Å². The van der Waals surface area contributed by atoms with E-state index in [1.165, 1.54) is 4.90 Å². The number of amides is 1. The molecule has 4 nitrogen and oxygen atoms in total. The molecule has 0 spiro atoms. The maximum absolute atomic E-state index is 11.0. The molecule has 1 aliphatic rings. The Morgan fingerprint density at radius 2 is 2.14 bits per heavy atom. The molecular weight excluding hydrogens is 202 g/mol. The summed E-state index contributed by atoms with van der Waals surface area (Å²) in [5.41, 5.74) is -0.0903. The molecule has 2 atom stereocenters. The lowest BCUT2D eigenvalue weighted by atomic mass is 9.95. The zero-order valence-electron chi connectivity index (χ0n) is 8.73. The van der Waals surface area contributed by atoms with Crippen molar-refractivity contribution in [2.75, 3.05) is 12.4 Å². The lowest BCUT2D eigenvalue weighted by Crippen LogP contribution is -2.47. The van der Waals surface area contributed by atoms with E-state index in [4.69, 9.17) is 10.2 Å². The van der Waals surface area contributed by atoms with Crippen LogP contribution in [0.1, 0.15) is 20.8 Å². The second kappa shape index (κ2) is 3.98. The lowest BCUT2D eigenvalue weighted by Gasteiger charge is -2.34. The number of carbonyl (C=O) groups is 1. The zero-order chi connectivity index (χ0) is 10.9. The first-order valence-electron chi connectivity index (χ1n) is 4.61. The fourth-order valence-electron chi connectivity index (χ4n) is 1.62. The van der Waals surface area contributed by atoms with Crippen LogP contribution in [-0.4, -0.2) is 45.0 Å². The smallest absolute Gasteiger partial charge is 0.408 e. The summed E-state index contributed by atoms with van der Waals surface area (Å²) in [6, 6.07) is -0.248. The van der Waals surface area contributed by atoms with Gasteiger partial charge >= 0.3 is 6.09 Å². The van der Waals surface area contributed by atoms with Gasteiger partial charge in [-0.05, 0) is 5.41 Å². The largest absolute Gasteiger partial charge is 0.465 e. The Bertz CT molecular complexity index is 227. The molecule has 1 fully saturated rings. The lowest BCUT2D eigenvalue weighted by molar-refractivity contribution is 0.0824. The molecule has 0 aromatic heterocycles. The van der Waals surface area contributed by atoms with Gasteiger partial charge in [-0.2, -0.15) is 0 Å². The van der Waals surface area contributed by atoms with Crippen LogP contribution in [0, 0.1) is 5.41 Å². The summed E-state index contributed by atoms with van der Waals surface area (Å²) >= 11 is 1.60. The Hall–Kier alpha value is -0.420. The quantitative estimate of drug-likeness (QED) is 0.700. The van der Waals surface area contributed by atoms with Gasteiger partial charge in [-0.1, -0.05) is 20.8 Å². The van der Waals surface area contributed by atoms with Gasteiger partial charge in [0.1, 0.15) is 0 Å². The average molecular weight is 219 g/mol. The number of hydrogen-bond acceptors (Lipinski definition) is 3. The molecule has 0 aliphatic carbocycles.